The molecule has 4 heterocycles. The summed E-state index contributed by atoms with van der Waals surface area (Å²) in [6.45, 7) is 5.76. The average molecular weight is 431 g/mol. The molecule has 32 heavy (non-hydrogen) atoms. The first-order chi connectivity index (χ1) is 15.7. The third-order valence-electron chi connectivity index (χ3n) is 6.35. The molecule has 2 aliphatic rings. The van der Waals surface area contributed by atoms with Gasteiger partial charge in [-0.1, -0.05) is 12.1 Å². The fraction of sp³-hybridized carbons (Fsp3) is 0.435. The van der Waals surface area contributed by atoms with Crippen LogP contribution in [0.3, 0.4) is 0 Å². The van der Waals surface area contributed by atoms with Crippen molar-refractivity contribution in [2.24, 2.45) is 0 Å². The number of carbonyl (C=O) groups excluding carboxylic acids is 1. The molecule has 0 bridgehead atoms. The third kappa shape index (κ3) is 4.27. The van der Waals surface area contributed by atoms with E-state index in [0.29, 0.717) is 30.7 Å². The fourth-order valence-corrected chi connectivity index (χ4v) is 4.52. The van der Waals surface area contributed by atoms with E-state index < -0.39 is 0 Å². The SMILES string of the molecule is N#Cc1cc(CC(=O)N2CCN(c3ccc4nncn4n3)CC2)ccc1CN1CCCC1. The van der Waals surface area contributed by atoms with Gasteiger partial charge in [-0.25, -0.2) is 0 Å². The van der Waals surface area contributed by atoms with Gasteiger partial charge in [-0.2, -0.15) is 9.78 Å². The summed E-state index contributed by atoms with van der Waals surface area (Å²) >= 11 is 0. The lowest BCUT2D eigenvalue weighted by molar-refractivity contribution is -0.130. The van der Waals surface area contributed by atoms with E-state index >= 15 is 0 Å². The van der Waals surface area contributed by atoms with Crippen LogP contribution in [0.2, 0.25) is 0 Å². The molecular formula is C23H26N8O. The highest BCUT2D eigenvalue weighted by Crippen LogP contribution is 2.19. The molecule has 5 rings (SSSR count). The van der Waals surface area contributed by atoms with Crippen molar-refractivity contribution >= 4 is 17.4 Å². The number of benzene rings is 1. The fourth-order valence-electron chi connectivity index (χ4n) is 4.52. The second-order valence-corrected chi connectivity index (χ2v) is 8.46. The maximum Gasteiger partial charge on any atom is 0.227 e. The number of anilines is 1. The first-order valence-electron chi connectivity index (χ1n) is 11.1. The molecular weight excluding hydrogens is 404 g/mol. The van der Waals surface area contributed by atoms with Crippen LogP contribution in [0, 0.1) is 11.3 Å². The molecule has 0 saturated carbocycles. The monoisotopic (exact) mass is 430 g/mol. The average Bonchev–Trinajstić information content (AvgIpc) is 3.51. The van der Waals surface area contributed by atoms with E-state index in [2.05, 4.69) is 31.2 Å². The van der Waals surface area contributed by atoms with Gasteiger partial charge in [0.2, 0.25) is 5.91 Å². The third-order valence-corrected chi connectivity index (χ3v) is 6.35. The molecule has 0 radical (unpaired) electrons. The lowest BCUT2D eigenvalue weighted by Crippen LogP contribution is -2.49. The summed E-state index contributed by atoms with van der Waals surface area (Å²) in [4.78, 5) is 19.4. The van der Waals surface area contributed by atoms with Gasteiger partial charge in [0.1, 0.15) is 12.1 Å². The van der Waals surface area contributed by atoms with E-state index in [9.17, 15) is 10.1 Å². The molecule has 2 aromatic heterocycles. The molecule has 2 fully saturated rings. The Balaban J connectivity index is 1.18. The van der Waals surface area contributed by atoms with Crippen molar-refractivity contribution in [3.05, 3.63) is 53.3 Å². The Hall–Kier alpha value is -3.51. The summed E-state index contributed by atoms with van der Waals surface area (Å²) < 4.78 is 1.66. The van der Waals surface area contributed by atoms with Crippen LogP contribution in [-0.4, -0.2) is 74.8 Å². The van der Waals surface area contributed by atoms with E-state index in [1.54, 1.807) is 10.8 Å². The van der Waals surface area contributed by atoms with Crippen LogP contribution < -0.4 is 4.90 Å². The number of hydrogen-bond donors (Lipinski definition) is 0. The van der Waals surface area contributed by atoms with E-state index in [-0.39, 0.29) is 5.91 Å². The van der Waals surface area contributed by atoms with Crippen LogP contribution in [0.1, 0.15) is 29.5 Å². The van der Waals surface area contributed by atoms with Crippen molar-refractivity contribution in [1.82, 2.24) is 29.6 Å². The van der Waals surface area contributed by atoms with Gasteiger partial charge in [-0.05, 0) is 55.3 Å². The van der Waals surface area contributed by atoms with E-state index in [0.717, 1.165) is 49.7 Å². The van der Waals surface area contributed by atoms with Crippen molar-refractivity contribution < 1.29 is 4.79 Å². The van der Waals surface area contributed by atoms with Crippen LogP contribution in [-0.2, 0) is 17.8 Å². The Bertz CT molecular complexity index is 1150. The van der Waals surface area contributed by atoms with Gasteiger partial charge in [0.25, 0.3) is 0 Å². The summed E-state index contributed by atoms with van der Waals surface area (Å²) in [5, 5.41) is 22.0. The first-order valence-corrected chi connectivity index (χ1v) is 11.1. The van der Waals surface area contributed by atoms with Crippen molar-refractivity contribution in [3.8, 4) is 6.07 Å². The predicted octanol–water partition coefficient (Wildman–Crippen LogP) is 1.48. The summed E-state index contributed by atoms with van der Waals surface area (Å²) in [6, 6.07) is 12.1. The van der Waals surface area contributed by atoms with E-state index in [1.165, 1.54) is 12.8 Å². The van der Waals surface area contributed by atoms with Gasteiger partial charge in [-0.3, -0.25) is 9.69 Å². The minimum Gasteiger partial charge on any atom is -0.352 e. The van der Waals surface area contributed by atoms with Crippen molar-refractivity contribution in [1.29, 1.82) is 5.26 Å². The van der Waals surface area contributed by atoms with E-state index in [4.69, 9.17) is 0 Å². The minimum atomic E-state index is 0.100. The molecule has 9 nitrogen and oxygen atoms in total. The molecule has 3 aromatic rings. The number of likely N-dealkylation sites (tertiary alicyclic amines) is 1. The molecule has 2 aliphatic heterocycles. The number of carbonyl (C=O) groups is 1. The van der Waals surface area contributed by atoms with Crippen molar-refractivity contribution in [2.75, 3.05) is 44.2 Å². The number of nitriles is 1. The summed E-state index contributed by atoms with van der Waals surface area (Å²) in [5.74, 6) is 0.958. The van der Waals surface area contributed by atoms with E-state index in [1.807, 2.05) is 35.2 Å². The van der Waals surface area contributed by atoms with Gasteiger partial charge in [0, 0.05) is 32.7 Å². The molecule has 2 saturated heterocycles. The van der Waals surface area contributed by atoms with Crippen molar-refractivity contribution in [3.63, 3.8) is 0 Å². The number of hydrogen-bond acceptors (Lipinski definition) is 7. The first kappa shape index (κ1) is 20.4. The largest absolute Gasteiger partial charge is 0.352 e. The normalized spacial score (nSPS) is 17.1. The molecule has 1 amide bonds. The highest BCUT2D eigenvalue weighted by atomic mass is 16.2. The number of amides is 1. The molecule has 0 N–H and O–H groups in total. The molecule has 0 spiro atoms. The Labute approximate surface area is 186 Å². The van der Waals surface area contributed by atoms with Crippen LogP contribution >= 0.6 is 0 Å². The van der Waals surface area contributed by atoms with Crippen LogP contribution in [0.5, 0.6) is 0 Å². The molecule has 9 heteroatoms. The Morgan fingerprint density at radius 1 is 1.03 bits per heavy atom. The second-order valence-electron chi connectivity index (χ2n) is 8.46. The Morgan fingerprint density at radius 2 is 1.84 bits per heavy atom. The molecule has 0 atom stereocenters. The van der Waals surface area contributed by atoms with Crippen LogP contribution in [0.15, 0.2) is 36.7 Å². The Kier molecular flexibility index (Phi) is 5.69. The highest BCUT2D eigenvalue weighted by Gasteiger charge is 2.23. The smallest absolute Gasteiger partial charge is 0.227 e. The zero-order chi connectivity index (χ0) is 21.9. The number of rotatable bonds is 5. The minimum absolute atomic E-state index is 0.100. The predicted molar refractivity (Wildman–Crippen MR) is 119 cm³/mol. The summed E-state index contributed by atoms with van der Waals surface area (Å²) in [5.41, 5.74) is 3.35. The lowest BCUT2D eigenvalue weighted by atomic mass is 10.0. The zero-order valence-corrected chi connectivity index (χ0v) is 18.0. The Morgan fingerprint density at radius 3 is 2.62 bits per heavy atom. The highest BCUT2D eigenvalue weighted by molar-refractivity contribution is 5.79. The zero-order valence-electron chi connectivity index (χ0n) is 18.0. The molecule has 1 aromatic carbocycles. The topological polar surface area (TPSA) is 93.7 Å². The number of nitrogens with zero attached hydrogens (tertiary/aromatic N) is 8. The van der Waals surface area contributed by atoms with Gasteiger partial charge in [0.05, 0.1) is 18.1 Å². The molecule has 0 unspecified atom stereocenters. The summed E-state index contributed by atoms with van der Waals surface area (Å²) in [6.07, 6.45) is 4.37. The number of aromatic nitrogens is 4. The van der Waals surface area contributed by atoms with Crippen molar-refractivity contribution in [2.45, 2.75) is 25.8 Å². The van der Waals surface area contributed by atoms with Gasteiger partial charge in [0.15, 0.2) is 5.65 Å². The van der Waals surface area contributed by atoms with Gasteiger partial charge in [-0.15, -0.1) is 15.3 Å². The standard InChI is InChI=1S/C23H26N8O/c24-15-20-13-18(3-4-19(20)16-28-7-1-2-8-28)14-23(32)30-11-9-29(10-12-30)22-6-5-21-26-25-17-31(21)27-22/h3-6,13,17H,1-2,7-12,14,16H2. The van der Waals surface area contributed by atoms with Gasteiger partial charge >= 0.3 is 0 Å². The van der Waals surface area contributed by atoms with Crippen LogP contribution in [0.4, 0.5) is 5.82 Å². The maximum absolute atomic E-state index is 12.9. The lowest BCUT2D eigenvalue weighted by Gasteiger charge is -2.35. The van der Waals surface area contributed by atoms with Gasteiger partial charge < -0.3 is 9.80 Å². The second kappa shape index (κ2) is 8.93. The number of piperazine rings is 1. The molecule has 0 aliphatic carbocycles. The maximum atomic E-state index is 12.9. The van der Waals surface area contributed by atoms with Crippen LogP contribution in [0.25, 0.3) is 5.65 Å². The number of fused-ring (bicyclic) bond motifs is 1. The summed E-state index contributed by atoms with van der Waals surface area (Å²) in [7, 11) is 0. The molecule has 164 valence electrons. The quantitative estimate of drug-likeness (QED) is 0.605.